The van der Waals surface area contributed by atoms with Crippen molar-refractivity contribution in [1.82, 2.24) is 0 Å². The Morgan fingerprint density at radius 3 is 2.85 bits per heavy atom. The number of aliphatic hydroxyl groups excluding tert-OH is 1. The molecule has 2 heteroatoms. The highest BCUT2D eigenvalue weighted by Crippen LogP contribution is 2.40. The van der Waals surface area contributed by atoms with E-state index >= 15 is 0 Å². The second-order valence-corrected chi connectivity index (χ2v) is 5.42. The van der Waals surface area contributed by atoms with Gasteiger partial charge in [0.25, 0.3) is 0 Å². The summed E-state index contributed by atoms with van der Waals surface area (Å²) < 4.78 is 5.25. The summed E-state index contributed by atoms with van der Waals surface area (Å²) in [6.07, 6.45) is 2.84. The minimum Gasteiger partial charge on any atom is -0.497 e. The summed E-state index contributed by atoms with van der Waals surface area (Å²) in [6.45, 7) is 0. The van der Waals surface area contributed by atoms with Crippen LogP contribution in [-0.4, -0.2) is 12.2 Å². The SMILES string of the molecule is COc1cccc(C(O)C2CCCc3ccccc32)c1. The molecule has 1 aliphatic carbocycles. The fraction of sp³-hybridized carbons (Fsp3) is 0.333. The highest BCUT2D eigenvalue weighted by molar-refractivity contribution is 5.37. The first kappa shape index (κ1) is 13.2. The highest BCUT2D eigenvalue weighted by atomic mass is 16.5. The zero-order chi connectivity index (χ0) is 13.9. The summed E-state index contributed by atoms with van der Waals surface area (Å²) in [5.41, 5.74) is 3.62. The minimum absolute atomic E-state index is 0.187. The zero-order valence-corrected chi connectivity index (χ0v) is 11.8. The topological polar surface area (TPSA) is 29.5 Å². The van der Waals surface area contributed by atoms with Crippen LogP contribution in [0.25, 0.3) is 0 Å². The molecule has 0 fully saturated rings. The molecule has 2 nitrogen and oxygen atoms in total. The maximum Gasteiger partial charge on any atom is 0.119 e. The zero-order valence-electron chi connectivity index (χ0n) is 11.8. The molecule has 20 heavy (non-hydrogen) atoms. The molecule has 104 valence electrons. The molecular formula is C18H20O2. The number of hydrogen-bond donors (Lipinski definition) is 1. The van der Waals surface area contributed by atoms with E-state index in [1.807, 2.05) is 24.3 Å². The molecule has 0 amide bonds. The van der Waals surface area contributed by atoms with Crippen LogP contribution in [0.1, 0.15) is 41.6 Å². The Hall–Kier alpha value is -1.80. The van der Waals surface area contributed by atoms with Gasteiger partial charge < -0.3 is 9.84 Å². The van der Waals surface area contributed by atoms with Crippen molar-refractivity contribution in [2.75, 3.05) is 7.11 Å². The third kappa shape index (κ3) is 2.44. The third-order valence-corrected chi connectivity index (χ3v) is 4.23. The van der Waals surface area contributed by atoms with Crippen LogP contribution in [0.2, 0.25) is 0 Å². The van der Waals surface area contributed by atoms with Gasteiger partial charge in [-0.1, -0.05) is 36.4 Å². The molecule has 3 rings (SSSR count). The molecule has 0 saturated heterocycles. The normalized spacial score (nSPS) is 19.2. The Bertz CT molecular complexity index is 591. The molecule has 0 bridgehead atoms. The first-order valence-corrected chi connectivity index (χ1v) is 7.19. The second-order valence-electron chi connectivity index (χ2n) is 5.42. The van der Waals surface area contributed by atoms with Crippen LogP contribution < -0.4 is 4.74 Å². The molecule has 2 unspecified atom stereocenters. The van der Waals surface area contributed by atoms with Crippen LogP contribution in [0.15, 0.2) is 48.5 Å². The average Bonchev–Trinajstić information content (AvgIpc) is 2.53. The maximum absolute atomic E-state index is 10.8. The number of aliphatic hydroxyl groups is 1. The van der Waals surface area contributed by atoms with Gasteiger partial charge in [0, 0.05) is 5.92 Å². The molecule has 0 spiro atoms. The summed E-state index contributed by atoms with van der Waals surface area (Å²) in [7, 11) is 1.65. The molecule has 2 atom stereocenters. The van der Waals surface area contributed by atoms with E-state index in [1.54, 1.807) is 7.11 Å². The second kappa shape index (κ2) is 5.68. The third-order valence-electron chi connectivity index (χ3n) is 4.23. The van der Waals surface area contributed by atoms with Gasteiger partial charge in [-0.25, -0.2) is 0 Å². The Labute approximate surface area is 120 Å². The molecule has 0 radical (unpaired) electrons. The summed E-state index contributed by atoms with van der Waals surface area (Å²) in [5, 5.41) is 10.8. The van der Waals surface area contributed by atoms with Gasteiger partial charge in [0.05, 0.1) is 13.2 Å². The quantitative estimate of drug-likeness (QED) is 0.916. The lowest BCUT2D eigenvalue weighted by Gasteiger charge is -2.29. The van der Waals surface area contributed by atoms with Crippen molar-refractivity contribution in [3.8, 4) is 5.75 Å². The Kier molecular flexibility index (Phi) is 3.75. The first-order valence-electron chi connectivity index (χ1n) is 7.19. The van der Waals surface area contributed by atoms with Crippen LogP contribution in [0.4, 0.5) is 0 Å². The number of aryl methyl sites for hydroxylation is 1. The van der Waals surface area contributed by atoms with Gasteiger partial charge in [-0.05, 0) is 48.1 Å². The van der Waals surface area contributed by atoms with Crippen LogP contribution in [0.5, 0.6) is 5.75 Å². The summed E-state index contributed by atoms with van der Waals surface area (Å²) in [4.78, 5) is 0. The van der Waals surface area contributed by atoms with Crippen molar-refractivity contribution in [3.05, 3.63) is 65.2 Å². The number of fused-ring (bicyclic) bond motifs is 1. The van der Waals surface area contributed by atoms with Crippen molar-refractivity contribution >= 4 is 0 Å². The number of methoxy groups -OCH3 is 1. The summed E-state index contributed by atoms with van der Waals surface area (Å²) >= 11 is 0. The van der Waals surface area contributed by atoms with Gasteiger partial charge in [-0.15, -0.1) is 0 Å². The van der Waals surface area contributed by atoms with Gasteiger partial charge in [0.2, 0.25) is 0 Å². The van der Waals surface area contributed by atoms with Crippen LogP contribution >= 0.6 is 0 Å². The van der Waals surface area contributed by atoms with Gasteiger partial charge in [-0.3, -0.25) is 0 Å². The molecule has 1 aliphatic rings. The largest absolute Gasteiger partial charge is 0.497 e. The smallest absolute Gasteiger partial charge is 0.119 e. The van der Waals surface area contributed by atoms with E-state index in [0.29, 0.717) is 0 Å². The minimum atomic E-state index is -0.466. The lowest BCUT2D eigenvalue weighted by molar-refractivity contribution is 0.135. The monoisotopic (exact) mass is 268 g/mol. The number of rotatable bonds is 3. The molecular weight excluding hydrogens is 248 g/mol. The van der Waals surface area contributed by atoms with Crippen molar-refractivity contribution in [1.29, 1.82) is 0 Å². The molecule has 0 aliphatic heterocycles. The number of hydrogen-bond acceptors (Lipinski definition) is 2. The number of benzene rings is 2. The predicted molar refractivity (Wildman–Crippen MR) is 80.1 cm³/mol. The maximum atomic E-state index is 10.8. The average molecular weight is 268 g/mol. The van der Waals surface area contributed by atoms with Crippen molar-refractivity contribution in [2.24, 2.45) is 0 Å². The van der Waals surface area contributed by atoms with Crippen LogP contribution in [-0.2, 0) is 6.42 Å². The van der Waals surface area contributed by atoms with E-state index in [9.17, 15) is 5.11 Å². The summed E-state index contributed by atoms with van der Waals surface area (Å²) in [5.74, 6) is 0.984. The van der Waals surface area contributed by atoms with Gasteiger partial charge >= 0.3 is 0 Å². The van der Waals surface area contributed by atoms with Crippen LogP contribution in [0.3, 0.4) is 0 Å². The molecule has 0 heterocycles. The van der Waals surface area contributed by atoms with E-state index in [-0.39, 0.29) is 5.92 Å². The molecule has 0 saturated carbocycles. The Morgan fingerprint density at radius 1 is 1.15 bits per heavy atom. The van der Waals surface area contributed by atoms with Crippen molar-refractivity contribution < 1.29 is 9.84 Å². The fourth-order valence-corrected chi connectivity index (χ4v) is 3.18. The van der Waals surface area contributed by atoms with Gasteiger partial charge in [-0.2, -0.15) is 0 Å². The van der Waals surface area contributed by atoms with E-state index in [2.05, 4.69) is 24.3 Å². The van der Waals surface area contributed by atoms with E-state index in [0.717, 1.165) is 30.6 Å². The standard InChI is InChI=1S/C18H20O2/c1-20-15-9-4-8-14(12-15)18(19)17-11-5-7-13-6-2-3-10-16(13)17/h2-4,6,8-10,12,17-19H,5,7,11H2,1H3. The Balaban J connectivity index is 1.93. The predicted octanol–water partition coefficient (Wildman–Crippen LogP) is 3.85. The fourth-order valence-electron chi connectivity index (χ4n) is 3.18. The van der Waals surface area contributed by atoms with Crippen molar-refractivity contribution in [2.45, 2.75) is 31.3 Å². The Morgan fingerprint density at radius 2 is 2.00 bits per heavy atom. The van der Waals surface area contributed by atoms with Crippen LogP contribution in [0, 0.1) is 0 Å². The lowest BCUT2D eigenvalue weighted by atomic mass is 9.78. The summed E-state index contributed by atoms with van der Waals surface area (Å²) in [6, 6.07) is 16.2. The molecule has 0 aromatic heterocycles. The molecule has 2 aromatic carbocycles. The first-order chi connectivity index (χ1) is 9.79. The van der Waals surface area contributed by atoms with E-state index in [4.69, 9.17) is 4.74 Å². The molecule has 1 N–H and O–H groups in total. The van der Waals surface area contributed by atoms with Crippen molar-refractivity contribution in [3.63, 3.8) is 0 Å². The number of ether oxygens (including phenoxy) is 1. The molecule has 2 aromatic rings. The van der Waals surface area contributed by atoms with Gasteiger partial charge in [0.15, 0.2) is 0 Å². The van der Waals surface area contributed by atoms with E-state index in [1.165, 1.54) is 11.1 Å². The van der Waals surface area contributed by atoms with E-state index < -0.39 is 6.10 Å². The highest BCUT2D eigenvalue weighted by Gasteiger charge is 2.27. The van der Waals surface area contributed by atoms with Gasteiger partial charge in [0.1, 0.15) is 5.75 Å². The lowest BCUT2D eigenvalue weighted by Crippen LogP contribution is -2.17.